The number of H-pyrrole nitrogens is 1. The number of nitrogens with one attached hydrogen (secondary N) is 3. The molecule has 158 valence electrons. The van der Waals surface area contributed by atoms with Crippen LogP contribution in [0.1, 0.15) is 49.7 Å². The molecule has 5 N–H and O–H groups in total. The van der Waals surface area contributed by atoms with Gasteiger partial charge in [0, 0.05) is 18.0 Å². The molecule has 1 aromatic heterocycles. The van der Waals surface area contributed by atoms with Gasteiger partial charge in [-0.2, -0.15) is 0 Å². The van der Waals surface area contributed by atoms with Crippen LogP contribution in [-0.4, -0.2) is 29.6 Å². The van der Waals surface area contributed by atoms with E-state index in [9.17, 15) is 9.59 Å². The molecule has 3 aromatic rings. The number of carbonyl (C=O) groups is 2. The number of nitrogens with two attached hydrogens (primary N) is 1. The van der Waals surface area contributed by atoms with E-state index in [1.165, 1.54) is 0 Å². The van der Waals surface area contributed by atoms with E-state index in [0.717, 1.165) is 27.6 Å². The molecule has 1 heterocycles. The first-order valence-corrected chi connectivity index (χ1v) is 9.82. The topological polar surface area (TPSA) is 109 Å². The van der Waals surface area contributed by atoms with Crippen LogP contribution in [0.4, 0.5) is 10.6 Å². The van der Waals surface area contributed by atoms with Crippen LogP contribution >= 0.6 is 0 Å². The van der Waals surface area contributed by atoms with Crippen molar-refractivity contribution < 1.29 is 14.3 Å². The molecule has 0 aliphatic heterocycles. The third-order valence-corrected chi connectivity index (χ3v) is 4.77. The van der Waals surface area contributed by atoms with Gasteiger partial charge in [0.2, 0.25) is 0 Å². The maximum atomic E-state index is 12.0. The second-order valence-corrected chi connectivity index (χ2v) is 8.24. The summed E-state index contributed by atoms with van der Waals surface area (Å²) >= 11 is 0. The molecule has 7 nitrogen and oxygen atoms in total. The van der Waals surface area contributed by atoms with Crippen molar-refractivity contribution in [3.8, 4) is 11.1 Å². The van der Waals surface area contributed by atoms with Crippen molar-refractivity contribution in [3.05, 3.63) is 53.6 Å². The van der Waals surface area contributed by atoms with Gasteiger partial charge in [-0.25, -0.2) is 4.79 Å². The van der Waals surface area contributed by atoms with Crippen LogP contribution in [0.3, 0.4) is 0 Å². The zero-order chi connectivity index (χ0) is 22.1. The highest BCUT2D eigenvalue weighted by Crippen LogP contribution is 2.30. The second kappa shape index (κ2) is 8.10. The molecule has 0 spiro atoms. The summed E-state index contributed by atoms with van der Waals surface area (Å²) in [5, 5.41) is 6.60. The van der Waals surface area contributed by atoms with E-state index >= 15 is 0 Å². The zero-order valence-electron chi connectivity index (χ0n) is 17.9. The van der Waals surface area contributed by atoms with E-state index in [1.807, 2.05) is 70.2 Å². The monoisotopic (exact) mass is 408 g/mol. The standard InChI is InChI=1S/C23H28N4O3/c1-13(26-22(29)30-23(2,3)4)14-6-8-15(9-7-14)16-10-11-17-18(12-16)27-21(25-5)19(17)20(24)28/h6-13,25,27H,1-5H3,(H2,24,28)(H,26,29). The first kappa shape index (κ1) is 21.2. The minimum Gasteiger partial charge on any atom is -0.444 e. The van der Waals surface area contributed by atoms with Crippen LogP contribution in [0, 0.1) is 0 Å². The molecule has 1 atom stereocenters. The van der Waals surface area contributed by atoms with Gasteiger partial charge < -0.3 is 26.1 Å². The fourth-order valence-corrected chi connectivity index (χ4v) is 3.35. The molecular weight excluding hydrogens is 380 g/mol. The van der Waals surface area contributed by atoms with Crippen molar-refractivity contribution in [3.63, 3.8) is 0 Å². The van der Waals surface area contributed by atoms with Crippen molar-refractivity contribution in [2.75, 3.05) is 12.4 Å². The third-order valence-electron chi connectivity index (χ3n) is 4.77. The van der Waals surface area contributed by atoms with E-state index in [-0.39, 0.29) is 6.04 Å². The van der Waals surface area contributed by atoms with Crippen molar-refractivity contribution in [2.45, 2.75) is 39.3 Å². The maximum Gasteiger partial charge on any atom is 0.408 e. The van der Waals surface area contributed by atoms with Crippen LogP contribution in [-0.2, 0) is 4.74 Å². The summed E-state index contributed by atoms with van der Waals surface area (Å²) in [5.41, 5.74) is 9.27. The van der Waals surface area contributed by atoms with E-state index in [2.05, 4.69) is 15.6 Å². The first-order chi connectivity index (χ1) is 14.1. The molecule has 1 unspecified atom stereocenters. The number of hydrogen-bond donors (Lipinski definition) is 4. The molecule has 0 bridgehead atoms. The first-order valence-electron chi connectivity index (χ1n) is 9.82. The average molecular weight is 409 g/mol. The number of primary amides is 1. The van der Waals surface area contributed by atoms with Gasteiger partial charge in [-0.1, -0.05) is 36.4 Å². The van der Waals surface area contributed by atoms with Crippen molar-refractivity contribution >= 4 is 28.7 Å². The van der Waals surface area contributed by atoms with Crippen LogP contribution in [0.15, 0.2) is 42.5 Å². The summed E-state index contributed by atoms with van der Waals surface area (Å²) in [6.07, 6.45) is -0.443. The molecule has 3 rings (SSSR count). The van der Waals surface area contributed by atoms with Gasteiger partial charge in [0.25, 0.3) is 5.91 Å². The number of ether oxygens (including phenoxy) is 1. The van der Waals surface area contributed by atoms with Crippen LogP contribution in [0.2, 0.25) is 0 Å². The summed E-state index contributed by atoms with van der Waals surface area (Å²) in [7, 11) is 1.74. The summed E-state index contributed by atoms with van der Waals surface area (Å²) in [5.74, 6) is 0.126. The molecular formula is C23H28N4O3. The second-order valence-electron chi connectivity index (χ2n) is 8.24. The lowest BCUT2D eigenvalue weighted by molar-refractivity contribution is 0.0507. The van der Waals surface area contributed by atoms with Crippen LogP contribution in [0.25, 0.3) is 22.0 Å². The Kier molecular flexibility index (Phi) is 5.73. The minimum atomic E-state index is -0.536. The molecule has 2 amide bonds. The van der Waals surface area contributed by atoms with E-state index in [0.29, 0.717) is 11.4 Å². The number of anilines is 1. The van der Waals surface area contributed by atoms with Gasteiger partial charge >= 0.3 is 6.09 Å². The molecule has 0 aliphatic rings. The molecule has 0 radical (unpaired) electrons. The van der Waals surface area contributed by atoms with Gasteiger partial charge in [-0.05, 0) is 50.5 Å². The largest absolute Gasteiger partial charge is 0.444 e. The number of carbonyl (C=O) groups excluding carboxylic acids is 2. The SMILES string of the molecule is CNc1[nH]c2cc(-c3ccc(C(C)NC(=O)OC(C)(C)C)cc3)ccc2c1C(N)=O. The Morgan fingerprint density at radius 3 is 2.27 bits per heavy atom. The average Bonchev–Trinajstić information content (AvgIpc) is 3.04. The van der Waals surface area contributed by atoms with Crippen LogP contribution in [0.5, 0.6) is 0 Å². The van der Waals surface area contributed by atoms with Crippen molar-refractivity contribution in [2.24, 2.45) is 5.73 Å². The molecule has 0 fully saturated rings. The number of hydrogen-bond acceptors (Lipinski definition) is 4. The molecule has 30 heavy (non-hydrogen) atoms. The predicted octanol–water partition coefficient (Wildman–Crippen LogP) is 4.56. The highest BCUT2D eigenvalue weighted by Gasteiger charge is 2.19. The molecule has 0 aliphatic carbocycles. The summed E-state index contributed by atoms with van der Waals surface area (Å²) < 4.78 is 5.31. The lowest BCUT2D eigenvalue weighted by Gasteiger charge is -2.22. The van der Waals surface area contributed by atoms with Gasteiger partial charge in [0.1, 0.15) is 11.4 Å². The summed E-state index contributed by atoms with van der Waals surface area (Å²) in [4.78, 5) is 27.0. The number of aromatic nitrogens is 1. The van der Waals surface area contributed by atoms with Gasteiger partial charge in [-0.15, -0.1) is 0 Å². The third kappa shape index (κ3) is 4.56. The number of aromatic amines is 1. The Morgan fingerprint density at radius 2 is 1.70 bits per heavy atom. The lowest BCUT2D eigenvalue weighted by atomic mass is 10.00. The molecule has 7 heteroatoms. The quantitative estimate of drug-likeness (QED) is 0.496. The maximum absolute atomic E-state index is 12.0. The summed E-state index contributed by atoms with van der Waals surface area (Å²) in [6.45, 7) is 7.41. The van der Waals surface area contributed by atoms with Crippen molar-refractivity contribution in [1.82, 2.24) is 10.3 Å². The Labute approximate surface area is 176 Å². The molecule has 0 saturated heterocycles. The van der Waals surface area contributed by atoms with E-state index in [4.69, 9.17) is 10.5 Å². The number of rotatable bonds is 5. The van der Waals surface area contributed by atoms with Gasteiger partial charge in [0.05, 0.1) is 11.6 Å². The fraction of sp³-hybridized carbons (Fsp3) is 0.304. The predicted molar refractivity (Wildman–Crippen MR) is 120 cm³/mol. The molecule has 2 aromatic carbocycles. The van der Waals surface area contributed by atoms with Gasteiger partial charge in [-0.3, -0.25) is 4.79 Å². The minimum absolute atomic E-state index is 0.184. The Bertz CT molecular complexity index is 1080. The fourth-order valence-electron chi connectivity index (χ4n) is 3.35. The Morgan fingerprint density at radius 1 is 1.07 bits per heavy atom. The Hall–Kier alpha value is -3.48. The number of benzene rings is 2. The molecule has 0 saturated carbocycles. The summed E-state index contributed by atoms with van der Waals surface area (Å²) in [6, 6.07) is 13.6. The normalized spacial score (nSPS) is 12.4. The number of alkyl carbamates (subject to hydrolysis) is 1. The van der Waals surface area contributed by atoms with E-state index < -0.39 is 17.6 Å². The zero-order valence-corrected chi connectivity index (χ0v) is 17.9. The smallest absolute Gasteiger partial charge is 0.408 e. The Balaban J connectivity index is 1.81. The van der Waals surface area contributed by atoms with E-state index in [1.54, 1.807) is 7.05 Å². The lowest BCUT2D eigenvalue weighted by Crippen LogP contribution is -2.34. The number of fused-ring (bicyclic) bond motifs is 1. The highest BCUT2D eigenvalue weighted by molar-refractivity contribution is 6.11. The van der Waals surface area contributed by atoms with Crippen LogP contribution < -0.4 is 16.4 Å². The number of amides is 2. The van der Waals surface area contributed by atoms with Crippen molar-refractivity contribution in [1.29, 1.82) is 0 Å². The van der Waals surface area contributed by atoms with Gasteiger partial charge in [0.15, 0.2) is 0 Å². The highest BCUT2D eigenvalue weighted by atomic mass is 16.6.